The van der Waals surface area contributed by atoms with Crippen molar-refractivity contribution in [1.82, 2.24) is 10.3 Å². The van der Waals surface area contributed by atoms with E-state index in [2.05, 4.69) is 10.3 Å². The lowest BCUT2D eigenvalue weighted by Gasteiger charge is -2.08. The zero-order chi connectivity index (χ0) is 22.1. The maximum absolute atomic E-state index is 14.1. The Labute approximate surface area is 180 Å². The molecule has 1 amide bonds. The maximum Gasteiger partial charge on any atom is 0.251 e. The molecule has 158 valence electrons. The monoisotopic (exact) mass is 418 g/mol. The number of rotatable bonds is 5. The minimum Gasteiger partial charge on any atom is -0.356 e. The summed E-state index contributed by atoms with van der Waals surface area (Å²) in [6.07, 6.45) is 0.606. The van der Waals surface area contributed by atoms with E-state index in [1.807, 2.05) is 26.0 Å². The Morgan fingerprint density at radius 2 is 1.55 bits per heavy atom. The van der Waals surface area contributed by atoms with Gasteiger partial charge in [-0.05, 0) is 85.3 Å². The van der Waals surface area contributed by atoms with Crippen molar-refractivity contribution >= 4 is 16.8 Å². The number of amides is 1. The molecule has 5 heteroatoms. The van der Waals surface area contributed by atoms with Crippen LogP contribution in [-0.4, -0.2) is 17.4 Å². The Hall–Kier alpha value is -3.47. The minimum atomic E-state index is -0.268. The van der Waals surface area contributed by atoms with Gasteiger partial charge >= 0.3 is 0 Å². The average Bonchev–Trinajstić information content (AvgIpc) is 3.10. The lowest BCUT2D eigenvalue weighted by molar-refractivity contribution is 0.0954. The highest BCUT2D eigenvalue weighted by molar-refractivity contribution is 5.95. The Morgan fingerprint density at radius 3 is 2.26 bits per heavy atom. The molecule has 2 N–H and O–H groups in total. The fraction of sp³-hybridized carbons (Fsp3) is 0.192. The third kappa shape index (κ3) is 4.08. The van der Waals surface area contributed by atoms with E-state index < -0.39 is 0 Å². The van der Waals surface area contributed by atoms with E-state index in [0.29, 0.717) is 29.6 Å². The van der Waals surface area contributed by atoms with Gasteiger partial charge in [-0.2, -0.15) is 0 Å². The highest BCUT2D eigenvalue weighted by Gasteiger charge is 2.14. The van der Waals surface area contributed by atoms with Gasteiger partial charge < -0.3 is 10.3 Å². The van der Waals surface area contributed by atoms with Gasteiger partial charge in [0.1, 0.15) is 11.6 Å². The molecule has 0 aliphatic carbocycles. The van der Waals surface area contributed by atoms with Gasteiger partial charge in [-0.25, -0.2) is 8.78 Å². The molecule has 0 spiro atoms. The predicted molar refractivity (Wildman–Crippen MR) is 120 cm³/mol. The summed E-state index contributed by atoms with van der Waals surface area (Å²) in [6, 6.07) is 15.5. The van der Waals surface area contributed by atoms with E-state index in [9.17, 15) is 13.6 Å². The van der Waals surface area contributed by atoms with E-state index in [4.69, 9.17) is 0 Å². The third-order valence-corrected chi connectivity index (χ3v) is 5.73. The van der Waals surface area contributed by atoms with Gasteiger partial charge in [-0.3, -0.25) is 4.79 Å². The van der Waals surface area contributed by atoms with E-state index in [1.54, 1.807) is 37.3 Å². The van der Waals surface area contributed by atoms with Crippen LogP contribution in [0.2, 0.25) is 0 Å². The summed E-state index contributed by atoms with van der Waals surface area (Å²) in [6.45, 7) is 6.06. The topological polar surface area (TPSA) is 44.9 Å². The third-order valence-electron chi connectivity index (χ3n) is 5.73. The number of H-pyrrole nitrogens is 1. The summed E-state index contributed by atoms with van der Waals surface area (Å²) >= 11 is 0. The van der Waals surface area contributed by atoms with Crippen molar-refractivity contribution < 1.29 is 13.6 Å². The molecule has 4 rings (SSSR count). The molecule has 0 bridgehead atoms. The molecule has 1 heterocycles. The zero-order valence-corrected chi connectivity index (χ0v) is 17.8. The Kier molecular flexibility index (Phi) is 5.59. The van der Waals surface area contributed by atoms with Crippen LogP contribution < -0.4 is 5.32 Å². The first kappa shape index (κ1) is 20.8. The second-order valence-corrected chi connectivity index (χ2v) is 7.89. The molecule has 4 aromatic rings. The van der Waals surface area contributed by atoms with Gasteiger partial charge in [0.25, 0.3) is 5.91 Å². The van der Waals surface area contributed by atoms with Gasteiger partial charge in [0.05, 0.1) is 5.52 Å². The van der Waals surface area contributed by atoms with E-state index in [0.717, 1.165) is 33.3 Å². The number of fused-ring (bicyclic) bond motifs is 1. The van der Waals surface area contributed by atoms with Crippen molar-refractivity contribution in [3.8, 4) is 11.1 Å². The van der Waals surface area contributed by atoms with Crippen LogP contribution in [0.4, 0.5) is 8.78 Å². The van der Waals surface area contributed by atoms with Crippen LogP contribution in [0.25, 0.3) is 22.0 Å². The van der Waals surface area contributed by atoms with Crippen molar-refractivity contribution in [3.05, 3.63) is 94.2 Å². The predicted octanol–water partition coefficient (Wildman–Crippen LogP) is 6.01. The van der Waals surface area contributed by atoms with Crippen LogP contribution in [0.5, 0.6) is 0 Å². The molecule has 0 fully saturated rings. The van der Waals surface area contributed by atoms with E-state index >= 15 is 0 Å². The first-order valence-corrected chi connectivity index (χ1v) is 10.3. The summed E-state index contributed by atoms with van der Waals surface area (Å²) < 4.78 is 27.6. The number of hydrogen-bond acceptors (Lipinski definition) is 1. The SMILES string of the molecule is Cc1cc(-c2ccc(C(=O)NCCc3c(C)[nH]c4c(F)ccc(C)c34)cc2)ccc1F. The molecule has 0 atom stereocenters. The van der Waals surface area contributed by atoms with Gasteiger partial charge in [0, 0.05) is 23.2 Å². The number of carbonyl (C=O) groups excluding carboxylic acids is 1. The zero-order valence-electron chi connectivity index (χ0n) is 17.8. The number of aromatic amines is 1. The molecule has 0 radical (unpaired) electrons. The number of aryl methyl sites for hydroxylation is 3. The number of halogens is 2. The van der Waals surface area contributed by atoms with Crippen LogP contribution >= 0.6 is 0 Å². The second-order valence-electron chi connectivity index (χ2n) is 7.89. The smallest absolute Gasteiger partial charge is 0.251 e. The number of hydrogen-bond donors (Lipinski definition) is 2. The van der Waals surface area contributed by atoms with Gasteiger partial charge in [0.2, 0.25) is 0 Å². The van der Waals surface area contributed by atoms with Crippen molar-refractivity contribution in [3.63, 3.8) is 0 Å². The Morgan fingerprint density at radius 1 is 0.871 bits per heavy atom. The summed E-state index contributed by atoms with van der Waals surface area (Å²) in [5, 5.41) is 3.84. The van der Waals surface area contributed by atoms with Crippen molar-refractivity contribution in [2.45, 2.75) is 27.2 Å². The molecule has 0 saturated heterocycles. The summed E-state index contributed by atoms with van der Waals surface area (Å²) in [4.78, 5) is 15.7. The molecular weight excluding hydrogens is 394 g/mol. The molecule has 0 aliphatic rings. The molecule has 1 aromatic heterocycles. The molecule has 0 saturated carbocycles. The molecule has 0 unspecified atom stereocenters. The number of carbonyl (C=O) groups is 1. The molecule has 3 aromatic carbocycles. The summed E-state index contributed by atoms with van der Waals surface area (Å²) in [5.74, 6) is -0.666. The maximum atomic E-state index is 14.1. The van der Waals surface area contributed by atoms with Crippen LogP contribution in [0, 0.1) is 32.4 Å². The standard InChI is InChI=1S/C26H24F2N2O/c1-15-4-10-23(28)25-24(15)21(17(3)30-25)12-13-29-26(31)19-7-5-18(6-8-19)20-9-11-22(27)16(2)14-20/h4-11,14,30H,12-13H2,1-3H3,(H,29,31). The average molecular weight is 418 g/mol. The minimum absolute atomic E-state index is 0.165. The lowest BCUT2D eigenvalue weighted by Crippen LogP contribution is -2.25. The van der Waals surface area contributed by atoms with Gasteiger partial charge in [-0.15, -0.1) is 0 Å². The van der Waals surface area contributed by atoms with Crippen LogP contribution in [-0.2, 0) is 6.42 Å². The fourth-order valence-electron chi connectivity index (χ4n) is 4.00. The Balaban J connectivity index is 1.44. The fourth-order valence-corrected chi connectivity index (χ4v) is 4.00. The van der Waals surface area contributed by atoms with Crippen LogP contribution in [0.1, 0.15) is 32.7 Å². The molecule has 31 heavy (non-hydrogen) atoms. The van der Waals surface area contributed by atoms with Crippen LogP contribution in [0.3, 0.4) is 0 Å². The highest BCUT2D eigenvalue weighted by atomic mass is 19.1. The van der Waals surface area contributed by atoms with Crippen molar-refractivity contribution in [1.29, 1.82) is 0 Å². The quantitative estimate of drug-likeness (QED) is 0.410. The first-order valence-electron chi connectivity index (χ1n) is 10.3. The van der Waals surface area contributed by atoms with Crippen LogP contribution in [0.15, 0.2) is 54.6 Å². The largest absolute Gasteiger partial charge is 0.356 e. The summed E-state index contributed by atoms with van der Waals surface area (Å²) in [7, 11) is 0. The first-order chi connectivity index (χ1) is 14.8. The normalized spacial score (nSPS) is 11.1. The number of nitrogens with one attached hydrogen (secondary N) is 2. The van der Waals surface area contributed by atoms with Crippen molar-refractivity contribution in [2.24, 2.45) is 0 Å². The van der Waals surface area contributed by atoms with Crippen molar-refractivity contribution in [2.75, 3.05) is 6.54 Å². The second kappa shape index (κ2) is 8.34. The van der Waals surface area contributed by atoms with E-state index in [1.165, 1.54) is 12.1 Å². The van der Waals surface area contributed by atoms with Gasteiger partial charge in [0.15, 0.2) is 0 Å². The summed E-state index contributed by atoms with van der Waals surface area (Å²) in [5.41, 5.74) is 6.43. The van der Waals surface area contributed by atoms with Gasteiger partial charge in [-0.1, -0.05) is 24.3 Å². The number of aromatic nitrogens is 1. The molecule has 0 aliphatic heterocycles. The highest BCUT2D eigenvalue weighted by Crippen LogP contribution is 2.28. The number of benzene rings is 3. The van der Waals surface area contributed by atoms with E-state index in [-0.39, 0.29) is 17.5 Å². The molecule has 3 nitrogen and oxygen atoms in total. The lowest BCUT2D eigenvalue weighted by atomic mass is 10.0. The molecular formula is C26H24F2N2O. The Bertz CT molecular complexity index is 1270.